The predicted octanol–water partition coefficient (Wildman–Crippen LogP) is 2.78. The van der Waals surface area contributed by atoms with E-state index in [2.05, 4.69) is 50.8 Å². The lowest BCUT2D eigenvalue weighted by Gasteiger charge is -2.08. The number of nitrogens with zero attached hydrogens (tertiary/aromatic N) is 1. The Morgan fingerprint density at radius 2 is 2.00 bits per heavy atom. The fraction of sp³-hybridized carbons (Fsp3) is 0.583. The molecule has 0 aromatic carbocycles. The molecule has 0 aromatic heterocycles. The molecular weight excluding hydrogens is 172 g/mol. The summed E-state index contributed by atoms with van der Waals surface area (Å²) in [7, 11) is 0. The smallest absolute Gasteiger partial charge is 0.0263 e. The molecule has 0 aromatic rings. The van der Waals surface area contributed by atoms with Gasteiger partial charge in [0.25, 0.3) is 0 Å². The second-order valence-electron chi connectivity index (χ2n) is 3.92. The van der Waals surface area contributed by atoms with Crippen molar-refractivity contribution in [1.29, 1.82) is 0 Å². The van der Waals surface area contributed by atoms with Gasteiger partial charge in [-0.05, 0) is 24.3 Å². The topological polar surface area (TPSA) is 24.4 Å². The summed E-state index contributed by atoms with van der Waals surface area (Å²) in [4.78, 5) is 3.71. The van der Waals surface area contributed by atoms with Gasteiger partial charge in [0.2, 0.25) is 0 Å². The summed E-state index contributed by atoms with van der Waals surface area (Å²) in [6.45, 7) is 13.0. The van der Waals surface area contributed by atoms with Crippen molar-refractivity contribution in [2.45, 2.75) is 33.7 Å². The predicted molar refractivity (Wildman–Crippen MR) is 64.7 cm³/mol. The SMILES string of the molecule is C=N/C=C\C(=C/CNC(C)C)C(C)C. The zero-order valence-electron chi connectivity index (χ0n) is 9.75. The van der Waals surface area contributed by atoms with Crippen LogP contribution in [0, 0.1) is 5.92 Å². The summed E-state index contributed by atoms with van der Waals surface area (Å²) < 4.78 is 0. The van der Waals surface area contributed by atoms with Gasteiger partial charge < -0.3 is 5.32 Å². The van der Waals surface area contributed by atoms with Gasteiger partial charge in [0.15, 0.2) is 0 Å². The van der Waals surface area contributed by atoms with E-state index in [9.17, 15) is 0 Å². The molecule has 0 fully saturated rings. The maximum Gasteiger partial charge on any atom is 0.0263 e. The number of rotatable bonds is 6. The fourth-order valence-electron chi connectivity index (χ4n) is 1.05. The summed E-state index contributed by atoms with van der Waals surface area (Å²) >= 11 is 0. The van der Waals surface area contributed by atoms with Gasteiger partial charge in [-0.15, -0.1) is 0 Å². The molecule has 2 heteroatoms. The first-order valence-corrected chi connectivity index (χ1v) is 5.13. The first-order chi connectivity index (χ1) is 6.57. The third-order valence-electron chi connectivity index (χ3n) is 1.90. The van der Waals surface area contributed by atoms with Crippen molar-refractivity contribution >= 4 is 6.72 Å². The van der Waals surface area contributed by atoms with E-state index in [4.69, 9.17) is 0 Å². The highest BCUT2D eigenvalue weighted by molar-refractivity contribution is 5.28. The molecule has 0 spiro atoms. The number of hydrogen-bond acceptors (Lipinski definition) is 2. The average Bonchev–Trinajstić information content (AvgIpc) is 2.09. The number of aliphatic imine (C=N–C) groups is 1. The van der Waals surface area contributed by atoms with E-state index < -0.39 is 0 Å². The first-order valence-electron chi connectivity index (χ1n) is 5.13. The van der Waals surface area contributed by atoms with E-state index in [1.165, 1.54) is 5.57 Å². The Kier molecular flexibility index (Phi) is 7.03. The minimum atomic E-state index is 0.529. The number of allylic oxidation sites excluding steroid dienone is 2. The molecule has 0 aliphatic rings. The molecule has 0 atom stereocenters. The van der Waals surface area contributed by atoms with Crippen LogP contribution in [0.4, 0.5) is 0 Å². The molecule has 14 heavy (non-hydrogen) atoms. The minimum Gasteiger partial charge on any atom is -0.311 e. The van der Waals surface area contributed by atoms with Gasteiger partial charge in [0.05, 0.1) is 0 Å². The van der Waals surface area contributed by atoms with Crippen LogP contribution in [0.15, 0.2) is 28.9 Å². The van der Waals surface area contributed by atoms with Crippen molar-refractivity contribution in [2.24, 2.45) is 10.9 Å². The van der Waals surface area contributed by atoms with Crippen molar-refractivity contribution in [3.8, 4) is 0 Å². The molecule has 0 radical (unpaired) electrons. The van der Waals surface area contributed by atoms with E-state index in [1.54, 1.807) is 6.20 Å². The van der Waals surface area contributed by atoms with E-state index in [1.807, 2.05) is 6.08 Å². The molecular formula is C12H22N2. The third-order valence-corrected chi connectivity index (χ3v) is 1.90. The molecule has 2 nitrogen and oxygen atoms in total. The Balaban J connectivity index is 4.19. The maximum absolute atomic E-state index is 3.71. The monoisotopic (exact) mass is 194 g/mol. The van der Waals surface area contributed by atoms with Crippen molar-refractivity contribution in [1.82, 2.24) is 5.32 Å². The molecule has 0 aliphatic carbocycles. The zero-order valence-corrected chi connectivity index (χ0v) is 9.75. The van der Waals surface area contributed by atoms with E-state index in [-0.39, 0.29) is 0 Å². The number of hydrogen-bond donors (Lipinski definition) is 1. The fourth-order valence-corrected chi connectivity index (χ4v) is 1.05. The zero-order chi connectivity index (χ0) is 11.0. The summed E-state index contributed by atoms with van der Waals surface area (Å²) in [6.07, 6.45) is 5.95. The molecule has 0 rings (SSSR count). The molecule has 0 saturated carbocycles. The van der Waals surface area contributed by atoms with Gasteiger partial charge in [-0.1, -0.05) is 33.8 Å². The Hall–Kier alpha value is -0.890. The third kappa shape index (κ3) is 6.61. The molecule has 80 valence electrons. The van der Waals surface area contributed by atoms with Crippen LogP contribution in [0.1, 0.15) is 27.7 Å². The van der Waals surface area contributed by atoms with E-state index in [0.29, 0.717) is 12.0 Å². The van der Waals surface area contributed by atoms with E-state index in [0.717, 1.165) is 6.54 Å². The van der Waals surface area contributed by atoms with Crippen molar-refractivity contribution in [3.63, 3.8) is 0 Å². The Morgan fingerprint density at radius 3 is 2.43 bits per heavy atom. The molecule has 0 aliphatic heterocycles. The highest BCUT2D eigenvalue weighted by Gasteiger charge is 1.98. The van der Waals surface area contributed by atoms with Gasteiger partial charge in [0.1, 0.15) is 0 Å². The molecule has 0 heterocycles. The lowest BCUT2D eigenvalue weighted by atomic mass is 10.0. The van der Waals surface area contributed by atoms with Crippen LogP contribution in [-0.4, -0.2) is 19.3 Å². The van der Waals surface area contributed by atoms with E-state index >= 15 is 0 Å². The Labute approximate surface area is 87.8 Å². The Morgan fingerprint density at radius 1 is 1.36 bits per heavy atom. The summed E-state index contributed by atoms with van der Waals surface area (Å²) in [5.41, 5.74) is 1.30. The highest BCUT2D eigenvalue weighted by atomic mass is 14.9. The second kappa shape index (κ2) is 7.51. The lowest BCUT2D eigenvalue weighted by molar-refractivity contribution is 0.628. The van der Waals surface area contributed by atoms with Crippen LogP contribution in [0.2, 0.25) is 0 Å². The van der Waals surface area contributed by atoms with Crippen molar-refractivity contribution < 1.29 is 0 Å². The van der Waals surface area contributed by atoms with Crippen LogP contribution in [-0.2, 0) is 0 Å². The standard InChI is InChI=1S/C12H22N2/c1-10(2)12(6-8-13-5)7-9-14-11(3)4/h6-8,10-11,14H,5,9H2,1-4H3/b8-6-,12-7+. The van der Waals surface area contributed by atoms with Crippen LogP contribution < -0.4 is 5.32 Å². The van der Waals surface area contributed by atoms with Gasteiger partial charge in [-0.3, -0.25) is 4.99 Å². The van der Waals surface area contributed by atoms with Crippen molar-refractivity contribution in [2.75, 3.05) is 6.54 Å². The van der Waals surface area contributed by atoms with Crippen LogP contribution in [0.5, 0.6) is 0 Å². The normalized spacial score (nSPS) is 13.1. The largest absolute Gasteiger partial charge is 0.311 e. The quantitative estimate of drug-likeness (QED) is 0.510. The lowest BCUT2D eigenvalue weighted by Crippen LogP contribution is -2.22. The van der Waals surface area contributed by atoms with Crippen LogP contribution in [0.3, 0.4) is 0 Å². The van der Waals surface area contributed by atoms with Gasteiger partial charge in [-0.2, -0.15) is 0 Å². The van der Waals surface area contributed by atoms with Gasteiger partial charge in [0, 0.05) is 18.8 Å². The first kappa shape index (κ1) is 13.1. The maximum atomic E-state index is 3.71. The summed E-state index contributed by atoms with van der Waals surface area (Å²) in [6, 6.07) is 0.529. The van der Waals surface area contributed by atoms with Crippen LogP contribution >= 0.6 is 0 Å². The second-order valence-corrected chi connectivity index (χ2v) is 3.92. The van der Waals surface area contributed by atoms with Crippen molar-refractivity contribution in [3.05, 3.63) is 23.9 Å². The van der Waals surface area contributed by atoms with Gasteiger partial charge in [-0.25, -0.2) is 0 Å². The average molecular weight is 194 g/mol. The van der Waals surface area contributed by atoms with Gasteiger partial charge >= 0.3 is 0 Å². The molecule has 0 unspecified atom stereocenters. The van der Waals surface area contributed by atoms with Crippen LogP contribution in [0.25, 0.3) is 0 Å². The minimum absolute atomic E-state index is 0.529. The number of nitrogens with one attached hydrogen (secondary N) is 1. The summed E-state index contributed by atoms with van der Waals surface area (Å²) in [5.74, 6) is 0.530. The molecule has 0 bridgehead atoms. The highest BCUT2D eigenvalue weighted by Crippen LogP contribution is 2.10. The molecule has 0 amide bonds. The molecule has 1 N–H and O–H groups in total. The summed E-state index contributed by atoms with van der Waals surface area (Å²) in [5, 5.41) is 3.35. The molecule has 0 saturated heterocycles. The Bertz CT molecular complexity index is 212.